The second-order valence-corrected chi connectivity index (χ2v) is 8.88. The van der Waals surface area contributed by atoms with Gasteiger partial charge < -0.3 is 5.43 Å². The minimum atomic E-state index is -3.97. The number of allylic oxidation sites excluding steroid dienone is 2. The van der Waals surface area contributed by atoms with Gasteiger partial charge in [0.15, 0.2) is 5.78 Å². The van der Waals surface area contributed by atoms with Gasteiger partial charge in [0.2, 0.25) is 0 Å². The molecule has 0 spiro atoms. The summed E-state index contributed by atoms with van der Waals surface area (Å²) < 4.78 is 24.8. The van der Waals surface area contributed by atoms with E-state index in [2.05, 4.69) is 10.3 Å². The average Bonchev–Trinajstić information content (AvgIpc) is 2.32. The van der Waals surface area contributed by atoms with Gasteiger partial charge in [0.25, 0.3) is 10.0 Å². The molecule has 2 rings (SSSR count). The molecule has 1 aromatic rings. The molecule has 0 fully saturated rings. The van der Waals surface area contributed by atoms with Crippen LogP contribution in [-0.2, 0) is 14.8 Å². The van der Waals surface area contributed by atoms with E-state index in [0.29, 0.717) is 18.5 Å². The minimum Gasteiger partial charge on any atom is -0.312 e. The van der Waals surface area contributed by atoms with E-state index in [1.807, 2.05) is 13.8 Å². The second kappa shape index (κ2) is 6.43. The number of hydrogen-bond donors (Lipinski definition) is 2. The summed E-state index contributed by atoms with van der Waals surface area (Å²) in [4.78, 5) is 13.7. The molecule has 0 saturated carbocycles. The van der Waals surface area contributed by atoms with Crippen molar-refractivity contribution in [3.63, 3.8) is 0 Å². The number of hydrogen-bond acceptors (Lipinski definition) is 4. The third-order valence-corrected chi connectivity index (χ3v) is 5.58. The number of sulfonamides is 1. The fraction of sp³-hybridized carbons (Fsp3) is 0.400. The van der Waals surface area contributed by atoms with E-state index >= 15 is 0 Å². The van der Waals surface area contributed by atoms with Crippen molar-refractivity contribution in [3.8, 4) is 0 Å². The molecule has 1 aliphatic rings. The number of hydrazine groups is 1. The molecule has 0 amide bonds. The van der Waals surface area contributed by atoms with Crippen molar-refractivity contribution in [2.75, 3.05) is 0 Å². The normalized spacial score (nSPS) is 17.8. The smallest absolute Gasteiger partial charge is 0.260 e. The molecule has 8 heteroatoms. The molecule has 1 aromatic carbocycles. The van der Waals surface area contributed by atoms with Crippen LogP contribution < -0.4 is 10.3 Å². The topological polar surface area (TPSA) is 75.3 Å². The van der Waals surface area contributed by atoms with Crippen molar-refractivity contribution >= 4 is 39.0 Å². The maximum Gasteiger partial charge on any atom is 0.260 e. The van der Waals surface area contributed by atoms with Gasteiger partial charge in [0.05, 0.1) is 10.0 Å². The Morgan fingerprint density at radius 1 is 1.13 bits per heavy atom. The quantitative estimate of drug-likeness (QED) is 0.789. The van der Waals surface area contributed by atoms with Crippen LogP contribution in [0.25, 0.3) is 0 Å². The zero-order chi connectivity index (χ0) is 17.4. The van der Waals surface area contributed by atoms with E-state index in [1.54, 1.807) is 6.92 Å². The van der Waals surface area contributed by atoms with Crippen LogP contribution in [0.15, 0.2) is 28.8 Å². The first-order valence-electron chi connectivity index (χ1n) is 6.97. The summed E-state index contributed by atoms with van der Waals surface area (Å²) in [6.45, 7) is 5.66. The third-order valence-electron chi connectivity index (χ3n) is 3.41. The summed E-state index contributed by atoms with van der Waals surface area (Å²) in [5.74, 6) is -0.0469. The number of ketones is 1. The van der Waals surface area contributed by atoms with E-state index in [4.69, 9.17) is 23.2 Å². The first-order chi connectivity index (χ1) is 10.5. The highest BCUT2D eigenvalue weighted by Crippen LogP contribution is 2.33. The molecule has 0 aliphatic heterocycles. The molecule has 0 bridgehead atoms. The lowest BCUT2D eigenvalue weighted by atomic mass is 9.79. The van der Waals surface area contributed by atoms with Crippen LogP contribution in [0.3, 0.4) is 0 Å². The number of aryl methyl sites for hydroxylation is 1. The lowest BCUT2D eigenvalue weighted by Gasteiger charge is -2.29. The number of halogens is 2. The average molecular weight is 377 g/mol. The zero-order valence-electron chi connectivity index (χ0n) is 13.0. The minimum absolute atomic E-state index is 0.0401. The first-order valence-corrected chi connectivity index (χ1v) is 9.21. The molecular formula is C15H18Cl2N2O3S. The standard InChI is InChI=1S/C15H18Cl2N2O3S/c1-9-4-12(16)14(13(17)5-9)23(21,22)19-18-10-6-11(20)8-15(2,3)7-10/h4-6,18-19H,7-8H2,1-3H3. The van der Waals surface area contributed by atoms with Gasteiger partial charge in [-0.15, -0.1) is 4.83 Å². The molecule has 0 radical (unpaired) electrons. The summed E-state index contributed by atoms with van der Waals surface area (Å²) in [7, 11) is -3.97. The highest BCUT2D eigenvalue weighted by atomic mass is 35.5. The number of nitrogens with one attached hydrogen (secondary N) is 2. The number of benzene rings is 1. The van der Waals surface area contributed by atoms with Gasteiger partial charge in [-0.05, 0) is 36.5 Å². The molecule has 1 aliphatic carbocycles. The van der Waals surface area contributed by atoms with Gasteiger partial charge in [0, 0.05) is 18.2 Å². The van der Waals surface area contributed by atoms with E-state index in [0.717, 1.165) is 5.56 Å². The Morgan fingerprint density at radius 3 is 2.22 bits per heavy atom. The second-order valence-electron chi connectivity index (χ2n) is 6.44. The predicted molar refractivity (Wildman–Crippen MR) is 90.8 cm³/mol. The van der Waals surface area contributed by atoms with Gasteiger partial charge in [-0.2, -0.15) is 0 Å². The Morgan fingerprint density at radius 2 is 1.70 bits per heavy atom. The van der Waals surface area contributed by atoms with E-state index in [9.17, 15) is 13.2 Å². The number of carbonyl (C=O) groups is 1. The summed E-state index contributed by atoms with van der Waals surface area (Å²) in [5.41, 5.74) is 3.64. The van der Waals surface area contributed by atoms with Crippen molar-refractivity contribution < 1.29 is 13.2 Å². The van der Waals surface area contributed by atoms with Gasteiger partial charge in [-0.1, -0.05) is 37.0 Å². The molecule has 5 nitrogen and oxygen atoms in total. The molecule has 0 unspecified atom stereocenters. The van der Waals surface area contributed by atoms with Crippen molar-refractivity contribution in [1.29, 1.82) is 0 Å². The Hall–Kier alpha value is -1.08. The van der Waals surface area contributed by atoms with Gasteiger partial charge in [-0.25, -0.2) is 8.42 Å². The lowest BCUT2D eigenvalue weighted by molar-refractivity contribution is -0.117. The van der Waals surface area contributed by atoms with Crippen LogP contribution in [0.4, 0.5) is 0 Å². The van der Waals surface area contributed by atoms with Crippen LogP contribution in [0.1, 0.15) is 32.3 Å². The van der Waals surface area contributed by atoms with Gasteiger partial charge in [0.1, 0.15) is 4.90 Å². The van der Waals surface area contributed by atoms with Crippen molar-refractivity contribution in [1.82, 2.24) is 10.3 Å². The number of rotatable bonds is 4. The monoisotopic (exact) mass is 376 g/mol. The highest BCUT2D eigenvalue weighted by molar-refractivity contribution is 7.89. The molecular weight excluding hydrogens is 359 g/mol. The van der Waals surface area contributed by atoms with Gasteiger partial charge in [-0.3, -0.25) is 4.79 Å². The zero-order valence-corrected chi connectivity index (χ0v) is 15.4. The van der Waals surface area contributed by atoms with E-state index in [-0.39, 0.29) is 26.1 Å². The third kappa shape index (κ3) is 4.47. The molecule has 0 saturated heterocycles. The summed E-state index contributed by atoms with van der Waals surface area (Å²) in [5, 5.41) is 0.0802. The number of carbonyl (C=O) groups excluding carboxylic acids is 1. The van der Waals surface area contributed by atoms with Crippen LogP contribution in [-0.4, -0.2) is 14.2 Å². The Kier molecular flexibility index (Phi) is 5.11. The van der Waals surface area contributed by atoms with Crippen LogP contribution >= 0.6 is 23.2 Å². The molecule has 0 aromatic heterocycles. The highest BCUT2D eigenvalue weighted by Gasteiger charge is 2.29. The van der Waals surface area contributed by atoms with Gasteiger partial charge >= 0.3 is 0 Å². The predicted octanol–water partition coefficient (Wildman–Crippen LogP) is 3.36. The Labute approximate surface area is 146 Å². The molecule has 126 valence electrons. The fourth-order valence-corrected chi connectivity index (χ4v) is 4.76. The summed E-state index contributed by atoms with van der Waals surface area (Å²) in [6, 6.07) is 3.04. The maximum atomic E-state index is 12.4. The molecule has 0 heterocycles. The Balaban J connectivity index is 2.22. The fourth-order valence-electron chi connectivity index (χ4n) is 2.55. The van der Waals surface area contributed by atoms with Crippen molar-refractivity contribution in [2.24, 2.45) is 5.41 Å². The van der Waals surface area contributed by atoms with Crippen LogP contribution in [0.5, 0.6) is 0 Å². The summed E-state index contributed by atoms with van der Waals surface area (Å²) in [6.07, 6.45) is 2.39. The molecule has 0 atom stereocenters. The lowest BCUT2D eigenvalue weighted by Crippen LogP contribution is -2.40. The van der Waals surface area contributed by atoms with Crippen LogP contribution in [0.2, 0.25) is 10.0 Å². The van der Waals surface area contributed by atoms with Crippen molar-refractivity contribution in [3.05, 3.63) is 39.5 Å². The first kappa shape index (κ1) is 18.3. The maximum absolute atomic E-state index is 12.4. The molecule has 2 N–H and O–H groups in total. The van der Waals surface area contributed by atoms with Crippen molar-refractivity contribution in [2.45, 2.75) is 38.5 Å². The largest absolute Gasteiger partial charge is 0.312 e. The molecule has 23 heavy (non-hydrogen) atoms. The Bertz CT molecular complexity index is 763. The SMILES string of the molecule is Cc1cc(Cl)c(S(=O)(=O)NNC2=CC(=O)CC(C)(C)C2)c(Cl)c1. The van der Waals surface area contributed by atoms with Crippen LogP contribution in [0, 0.1) is 12.3 Å². The summed E-state index contributed by atoms with van der Waals surface area (Å²) >= 11 is 12.0. The van der Waals surface area contributed by atoms with E-state index < -0.39 is 10.0 Å². The van der Waals surface area contributed by atoms with E-state index in [1.165, 1.54) is 18.2 Å².